The monoisotopic (exact) mass is 255 g/mol. The molecule has 0 bridgehead atoms. The molecule has 5 heteroatoms. The van der Waals surface area contributed by atoms with Gasteiger partial charge in [0.1, 0.15) is 12.8 Å². The van der Waals surface area contributed by atoms with Crippen LogP contribution in [0.2, 0.25) is 0 Å². The summed E-state index contributed by atoms with van der Waals surface area (Å²) < 4.78 is 19.2. The second-order valence-electron chi connectivity index (χ2n) is 5.19. The summed E-state index contributed by atoms with van der Waals surface area (Å²) in [6.07, 6.45) is 2.93. The predicted octanol–water partition coefficient (Wildman–Crippen LogP) is 2.05. The number of amidine groups is 1. The molecule has 0 spiro atoms. The van der Waals surface area contributed by atoms with Crippen LogP contribution >= 0.6 is 0 Å². The standard InChI is InChI=1S/C13H22FN3O/c1-3-6-16-12(15-2)18-10-13-5-4-7-17(13)9-11(14)8-13/h11H,2-10H2,1H3/t11?,13-/m0/s1. The zero-order valence-electron chi connectivity index (χ0n) is 11.1. The number of hydrogen-bond acceptors (Lipinski definition) is 3. The van der Waals surface area contributed by atoms with Crippen molar-refractivity contribution in [1.29, 1.82) is 0 Å². The molecule has 2 atom stereocenters. The fraction of sp³-hybridized carbons (Fsp3) is 0.846. The van der Waals surface area contributed by atoms with Gasteiger partial charge in [-0.25, -0.2) is 14.4 Å². The van der Waals surface area contributed by atoms with Gasteiger partial charge < -0.3 is 4.74 Å². The molecule has 0 radical (unpaired) electrons. The first kappa shape index (κ1) is 13.5. The average Bonchev–Trinajstić information content (AvgIpc) is 2.85. The van der Waals surface area contributed by atoms with Crippen molar-refractivity contribution in [2.45, 2.75) is 44.3 Å². The minimum atomic E-state index is -0.721. The first-order valence-electron chi connectivity index (χ1n) is 6.73. The number of hydrogen-bond donors (Lipinski definition) is 0. The van der Waals surface area contributed by atoms with Gasteiger partial charge in [-0.2, -0.15) is 0 Å². The molecule has 2 fully saturated rings. The maximum absolute atomic E-state index is 13.5. The Labute approximate surface area is 108 Å². The van der Waals surface area contributed by atoms with Crippen LogP contribution in [0.4, 0.5) is 4.39 Å². The average molecular weight is 255 g/mol. The highest BCUT2D eigenvalue weighted by Crippen LogP contribution is 2.40. The van der Waals surface area contributed by atoms with E-state index in [2.05, 4.69) is 21.6 Å². The molecule has 0 saturated carbocycles. The highest BCUT2D eigenvalue weighted by molar-refractivity contribution is 5.78. The lowest BCUT2D eigenvalue weighted by Crippen LogP contribution is -2.42. The van der Waals surface area contributed by atoms with Crippen LogP contribution in [-0.4, -0.2) is 55.6 Å². The number of rotatable bonds is 4. The maximum atomic E-state index is 13.5. The number of aliphatic imine (C=N–C) groups is 2. The molecular formula is C13H22FN3O. The molecule has 1 unspecified atom stereocenters. The van der Waals surface area contributed by atoms with Gasteiger partial charge >= 0.3 is 6.02 Å². The van der Waals surface area contributed by atoms with E-state index in [1.54, 1.807) is 0 Å². The van der Waals surface area contributed by atoms with Gasteiger partial charge in [-0.1, -0.05) is 6.92 Å². The molecular weight excluding hydrogens is 233 g/mol. The summed E-state index contributed by atoms with van der Waals surface area (Å²) in [6.45, 7) is 8.21. The van der Waals surface area contributed by atoms with Crippen LogP contribution in [-0.2, 0) is 4.74 Å². The van der Waals surface area contributed by atoms with Gasteiger partial charge in [0, 0.05) is 19.5 Å². The van der Waals surface area contributed by atoms with Crippen molar-refractivity contribution in [3.8, 4) is 0 Å². The van der Waals surface area contributed by atoms with Gasteiger partial charge in [0.15, 0.2) is 0 Å². The molecule has 4 nitrogen and oxygen atoms in total. The molecule has 0 aromatic carbocycles. The molecule has 0 aliphatic carbocycles. The Morgan fingerprint density at radius 2 is 2.44 bits per heavy atom. The van der Waals surface area contributed by atoms with Crippen molar-refractivity contribution in [2.24, 2.45) is 9.98 Å². The van der Waals surface area contributed by atoms with E-state index in [-0.39, 0.29) is 5.54 Å². The number of fused-ring (bicyclic) bond motifs is 1. The third-order valence-electron chi connectivity index (χ3n) is 3.84. The fourth-order valence-corrected chi connectivity index (χ4v) is 3.00. The van der Waals surface area contributed by atoms with Crippen LogP contribution in [0.3, 0.4) is 0 Å². The summed E-state index contributed by atoms with van der Waals surface area (Å²) in [5, 5.41) is 0. The van der Waals surface area contributed by atoms with Gasteiger partial charge in [-0.3, -0.25) is 4.90 Å². The molecule has 102 valence electrons. The Balaban J connectivity index is 1.94. The van der Waals surface area contributed by atoms with E-state index in [1.165, 1.54) is 0 Å². The lowest BCUT2D eigenvalue weighted by atomic mass is 9.95. The lowest BCUT2D eigenvalue weighted by molar-refractivity contribution is 0.105. The van der Waals surface area contributed by atoms with Gasteiger partial charge in [-0.15, -0.1) is 0 Å². The van der Waals surface area contributed by atoms with Crippen LogP contribution in [0.1, 0.15) is 32.6 Å². The van der Waals surface area contributed by atoms with E-state index in [0.29, 0.717) is 32.1 Å². The van der Waals surface area contributed by atoms with E-state index >= 15 is 0 Å². The molecule has 0 aromatic heterocycles. The second-order valence-corrected chi connectivity index (χ2v) is 5.19. The molecule has 0 N–H and O–H groups in total. The number of nitrogens with zero attached hydrogens (tertiary/aromatic N) is 3. The lowest BCUT2D eigenvalue weighted by Gasteiger charge is -2.30. The number of ether oxygens (including phenoxy) is 1. The zero-order chi connectivity index (χ0) is 13.0. The minimum absolute atomic E-state index is 0.128. The second kappa shape index (κ2) is 5.78. The zero-order valence-corrected chi connectivity index (χ0v) is 11.1. The number of alkyl halides is 1. The van der Waals surface area contributed by atoms with Gasteiger partial charge in [-0.05, 0) is 32.5 Å². The SMILES string of the molecule is C=NC(=NCCC)OC[C@@]12CCCN1CC(F)C2. The van der Waals surface area contributed by atoms with Crippen LogP contribution in [0.15, 0.2) is 9.98 Å². The van der Waals surface area contributed by atoms with E-state index in [9.17, 15) is 4.39 Å². The Bertz CT molecular complexity index is 334. The molecule has 0 aromatic rings. The fourth-order valence-electron chi connectivity index (χ4n) is 3.00. The van der Waals surface area contributed by atoms with Crippen molar-refractivity contribution in [2.75, 3.05) is 26.2 Å². The molecule has 2 saturated heterocycles. The Morgan fingerprint density at radius 1 is 1.61 bits per heavy atom. The smallest absolute Gasteiger partial charge is 0.311 e. The molecule has 18 heavy (non-hydrogen) atoms. The van der Waals surface area contributed by atoms with Crippen LogP contribution in [0, 0.1) is 0 Å². The van der Waals surface area contributed by atoms with Crippen molar-refractivity contribution < 1.29 is 9.13 Å². The van der Waals surface area contributed by atoms with Gasteiger partial charge in [0.25, 0.3) is 0 Å². The quantitative estimate of drug-likeness (QED) is 0.569. The van der Waals surface area contributed by atoms with Crippen molar-refractivity contribution >= 4 is 12.7 Å². The highest BCUT2D eigenvalue weighted by Gasteiger charge is 2.49. The normalized spacial score (nSPS) is 32.6. The van der Waals surface area contributed by atoms with E-state index in [1.807, 2.05) is 6.92 Å². The molecule has 0 amide bonds. The van der Waals surface area contributed by atoms with Crippen LogP contribution in [0.5, 0.6) is 0 Å². The largest absolute Gasteiger partial charge is 0.462 e. The summed E-state index contributed by atoms with van der Waals surface area (Å²) in [7, 11) is 0. The Kier molecular flexibility index (Phi) is 4.32. The van der Waals surface area contributed by atoms with Crippen LogP contribution < -0.4 is 0 Å². The first-order valence-corrected chi connectivity index (χ1v) is 6.73. The summed E-state index contributed by atoms with van der Waals surface area (Å²) >= 11 is 0. The summed E-state index contributed by atoms with van der Waals surface area (Å²) in [4.78, 5) is 10.2. The Hall–Kier alpha value is -0.970. The predicted molar refractivity (Wildman–Crippen MR) is 71.1 cm³/mol. The first-order chi connectivity index (χ1) is 8.70. The van der Waals surface area contributed by atoms with E-state index < -0.39 is 6.17 Å². The summed E-state index contributed by atoms with van der Waals surface area (Å²) in [6, 6.07) is 0.348. The molecule has 2 heterocycles. The molecule has 2 aliphatic rings. The molecule has 2 aliphatic heterocycles. The molecule has 2 rings (SSSR count). The van der Waals surface area contributed by atoms with Crippen LogP contribution in [0.25, 0.3) is 0 Å². The Morgan fingerprint density at radius 3 is 3.17 bits per heavy atom. The van der Waals surface area contributed by atoms with Crippen molar-refractivity contribution in [1.82, 2.24) is 4.90 Å². The maximum Gasteiger partial charge on any atom is 0.311 e. The minimum Gasteiger partial charge on any atom is -0.462 e. The topological polar surface area (TPSA) is 37.2 Å². The van der Waals surface area contributed by atoms with Gasteiger partial charge in [0.05, 0.1) is 5.54 Å². The van der Waals surface area contributed by atoms with Gasteiger partial charge in [0.2, 0.25) is 0 Å². The third kappa shape index (κ3) is 2.71. The van der Waals surface area contributed by atoms with E-state index in [0.717, 1.165) is 25.8 Å². The highest BCUT2D eigenvalue weighted by atomic mass is 19.1. The number of halogens is 1. The summed E-state index contributed by atoms with van der Waals surface area (Å²) in [5.41, 5.74) is -0.128. The third-order valence-corrected chi connectivity index (χ3v) is 3.84. The van der Waals surface area contributed by atoms with Crippen molar-refractivity contribution in [3.05, 3.63) is 0 Å². The summed E-state index contributed by atoms with van der Waals surface area (Å²) in [5.74, 6) is 0. The van der Waals surface area contributed by atoms with E-state index in [4.69, 9.17) is 4.74 Å². The van der Waals surface area contributed by atoms with Crippen molar-refractivity contribution in [3.63, 3.8) is 0 Å².